The Morgan fingerprint density at radius 1 is 1.17 bits per heavy atom. The fraction of sp³-hybridized carbons (Fsp3) is 0.158. The topological polar surface area (TPSA) is 46.9 Å². The fourth-order valence-corrected chi connectivity index (χ4v) is 2.57. The quantitative estimate of drug-likeness (QED) is 0.768. The van der Waals surface area contributed by atoms with Crippen LogP contribution in [0.2, 0.25) is 5.02 Å². The van der Waals surface area contributed by atoms with Gasteiger partial charge in [-0.2, -0.15) is 5.10 Å². The van der Waals surface area contributed by atoms with Crippen LogP contribution in [-0.2, 0) is 13.1 Å². The van der Waals surface area contributed by atoms with Gasteiger partial charge >= 0.3 is 0 Å². The molecule has 0 fully saturated rings. The van der Waals surface area contributed by atoms with Crippen molar-refractivity contribution < 1.29 is 4.79 Å². The van der Waals surface area contributed by atoms with Gasteiger partial charge in [0.05, 0.1) is 17.8 Å². The molecule has 1 amide bonds. The molecule has 4 nitrogen and oxygen atoms in total. The standard InChI is InChI=1S/C19H18ClN3O/c1-14-5-7-15(8-6-14)10-21-19(24)17-4-2-3-16(9-17)12-23-13-18(20)11-22-23/h2-9,11,13H,10,12H2,1H3,(H,21,24). The average molecular weight is 340 g/mol. The molecule has 5 heteroatoms. The summed E-state index contributed by atoms with van der Waals surface area (Å²) in [6, 6.07) is 15.6. The second-order valence-electron chi connectivity index (χ2n) is 5.72. The minimum atomic E-state index is -0.0871. The zero-order chi connectivity index (χ0) is 16.9. The van der Waals surface area contributed by atoms with Crippen molar-refractivity contribution in [2.45, 2.75) is 20.0 Å². The Bertz CT molecular complexity index is 840. The number of carbonyl (C=O) groups excluding carboxylic acids is 1. The van der Waals surface area contributed by atoms with Crippen molar-refractivity contribution >= 4 is 17.5 Å². The Hall–Kier alpha value is -2.59. The van der Waals surface area contributed by atoms with E-state index >= 15 is 0 Å². The van der Waals surface area contributed by atoms with E-state index in [1.807, 2.05) is 55.5 Å². The van der Waals surface area contributed by atoms with Crippen molar-refractivity contribution in [1.82, 2.24) is 15.1 Å². The molecule has 0 saturated carbocycles. The van der Waals surface area contributed by atoms with Crippen molar-refractivity contribution in [2.75, 3.05) is 0 Å². The first kappa shape index (κ1) is 16.3. The number of nitrogens with one attached hydrogen (secondary N) is 1. The van der Waals surface area contributed by atoms with Gasteiger partial charge in [-0.1, -0.05) is 53.6 Å². The summed E-state index contributed by atoms with van der Waals surface area (Å²) < 4.78 is 1.74. The second-order valence-corrected chi connectivity index (χ2v) is 6.16. The van der Waals surface area contributed by atoms with Gasteiger partial charge in [0, 0.05) is 18.3 Å². The number of hydrogen-bond donors (Lipinski definition) is 1. The van der Waals surface area contributed by atoms with Crippen molar-refractivity contribution in [3.63, 3.8) is 0 Å². The molecular weight excluding hydrogens is 322 g/mol. The number of halogens is 1. The molecule has 3 rings (SSSR count). The lowest BCUT2D eigenvalue weighted by molar-refractivity contribution is 0.0951. The Kier molecular flexibility index (Phi) is 4.96. The summed E-state index contributed by atoms with van der Waals surface area (Å²) in [7, 11) is 0. The molecule has 1 aromatic heterocycles. The molecule has 0 radical (unpaired) electrons. The highest BCUT2D eigenvalue weighted by Crippen LogP contribution is 2.10. The normalized spacial score (nSPS) is 10.6. The van der Waals surface area contributed by atoms with Crippen LogP contribution in [0, 0.1) is 6.92 Å². The summed E-state index contributed by atoms with van der Waals surface area (Å²) in [5.74, 6) is -0.0871. The average Bonchev–Trinajstić information content (AvgIpc) is 2.99. The number of carbonyl (C=O) groups is 1. The number of aryl methyl sites for hydroxylation is 1. The monoisotopic (exact) mass is 339 g/mol. The maximum Gasteiger partial charge on any atom is 0.251 e. The van der Waals surface area contributed by atoms with Crippen LogP contribution in [0.15, 0.2) is 60.9 Å². The molecule has 0 bridgehead atoms. The van der Waals surface area contributed by atoms with Crippen LogP contribution in [0.5, 0.6) is 0 Å². The van der Waals surface area contributed by atoms with E-state index in [2.05, 4.69) is 10.4 Å². The maximum absolute atomic E-state index is 12.3. The lowest BCUT2D eigenvalue weighted by atomic mass is 10.1. The number of hydrogen-bond acceptors (Lipinski definition) is 2. The van der Waals surface area contributed by atoms with Gasteiger partial charge in [0.15, 0.2) is 0 Å². The van der Waals surface area contributed by atoms with Crippen LogP contribution in [-0.4, -0.2) is 15.7 Å². The highest BCUT2D eigenvalue weighted by Gasteiger charge is 2.07. The summed E-state index contributed by atoms with van der Waals surface area (Å²) in [5, 5.41) is 7.70. The fourth-order valence-electron chi connectivity index (χ4n) is 2.41. The van der Waals surface area contributed by atoms with Gasteiger partial charge in [-0.3, -0.25) is 9.48 Å². The van der Waals surface area contributed by atoms with Crippen LogP contribution < -0.4 is 5.32 Å². The van der Waals surface area contributed by atoms with Crippen molar-refractivity contribution in [3.05, 3.63) is 88.2 Å². The van der Waals surface area contributed by atoms with E-state index in [-0.39, 0.29) is 5.91 Å². The first-order valence-corrected chi connectivity index (χ1v) is 8.08. The lowest BCUT2D eigenvalue weighted by Gasteiger charge is -2.08. The van der Waals surface area contributed by atoms with Gasteiger partial charge in [-0.25, -0.2) is 0 Å². The number of aromatic nitrogens is 2. The molecule has 1 N–H and O–H groups in total. The molecule has 24 heavy (non-hydrogen) atoms. The zero-order valence-corrected chi connectivity index (χ0v) is 14.1. The molecule has 2 aromatic carbocycles. The van der Waals surface area contributed by atoms with E-state index < -0.39 is 0 Å². The van der Waals surface area contributed by atoms with Crippen LogP contribution in [0.25, 0.3) is 0 Å². The molecule has 0 atom stereocenters. The van der Waals surface area contributed by atoms with Crippen molar-refractivity contribution in [2.24, 2.45) is 0 Å². The highest BCUT2D eigenvalue weighted by atomic mass is 35.5. The molecule has 0 unspecified atom stereocenters. The number of nitrogens with zero attached hydrogens (tertiary/aromatic N) is 2. The van der Waals surface area contributed by atoms with Crippen LogP contribution >= 0.6 is 11.6 Å². The van der Waals surface area contributed by atoms with Gasteiger partial charge < -0.3 is 5.32 Å². The number of amides is 1. The maximum atomic E-state index is 12.3. The zero-order valence-electron chi connectivity index (χ0n) is 13.4. The number of benzene rings is 2. The van der Waals surface area contributed by atoms with E-state index in [0.29, 0.717) is 23.7 Å². The van der Waals surface area contributed by atoms with E-state index in [1.54, 1.807) is 17.1 Å². The van der Waals surface area contributed by atoms with Gasteiger partial charge in [-0.05, 0) is 30.2 Å². The third-order valence-electron chi connectivity index (χ3n) is 3.71. The molecule has 0 aliphatic carbocycles. The predicted octanol–water partition coefficient (Wildman–Crippen LogP) is 3.82. The Morgan fingerprint density at radius 3 is 2.67 bits per heavy atom. The smallest absolute Gasteiger partial charge is 0.251 e. The minimum Gasteiger partial charge on any atom is -0.348 e. The van der Waals surface area contributed by atoms with Crippen molar-refractivity contribution in [1.29, 1.82) is 0 Å². The van der Waals surface area contributed by atoms with E-state index in [1.165, 1.54) is 5.56 Å². The molecular formula is C19H18ClN3O. The second kappa shape index (κ2) is 7.32. The Morgan fingerprint density at radius 2 is 1.96 bits per heavy atom. The van der Waals surface area contributed by atoms with Gasteiger partial charge in [0.25, 0.3) is 5.91 Å². The summed E-state index contributed by atoms with van der Waals surface area (Å²) in [6.07, 6.45) is 3.35. The minimum absolute atomic E-state index is 0.0871. The van der Waals surface area contributed by atoms with Gasteiger partial charge in [0.2, 0.25) is 0 Å². The molecule has 0 saturated heterocycles. The van der Waals surface area contributed by atoms with E-state index in [0.717, 1.165) is 11.1 Å². The molecule has 1 heterocycles. The van der Waals surface area contributed by atoms with Crippen LogP contribution in [0.4, 0.5) is 0 Å². The summed E-state index contributed by atoms with van der Waals surface area (Å²) in [5.41, 5.74) is 3.92. The summed E-state index contributed by atoms with van der Waals surface area (Å²) in [4.78, 5) is 12.3. The summed E-state index contributed by atoms with van der Waals surface area (Å²) in [6.45, 7) is 3.13. The van der Waals surface area contributed by atoms with E-state index in [4.69, 9.17) is 11.6 Å². The first-order valence-electron chi connectivity index (χ1n) is 7.71. The largest absolute Gasteiger partial charge is 0.348 e. The molecule has 3 aromatic rings. The third kappa shape index (κ3) is 4.24. The summed E-state index contributed by atoms with van der Waals surface area (Å²) >= 11 is 5.87. The lowest BCUT2D eigenvalue weighted by Crippen LogP contribution is -2.22. The Balaban J connectivity index is 1.64. The SMILES string of the molecule is Cc1ccc(CNC(=O)c2cccc(Cn3cc(Cl)cn3)c2)cc1. The van der Waals surface area contributed by atoms with Crippen LogP contribution in [0.1, 0.15) is 27.0 Å². The van der Waals surface area contributed by atoms with Gasteiger partial charge in [-0.15, -0.1) is 0 Å². The number of rotatable bonds is 5. The van der Waals surface area contributed by atoms with Crippen molar-refractivity contribution in [3.8, 4) is 0 Å². The third-order valence-corrected chi connectivity index (χ3v) is 3.90. The Labute approximate surface area is 146 Å². The van der Waals surface area contributed by atoms with E-state index in [9.17, 15) is 4.79 Å². The molecule has 122 valence electrons. The molecule has 0 aliphatic heterocycles. The van der Waals surface area contributed by atoms with Crippen LogP contribution in [0.3, 0.4) is 0 Å². The first-order chi connectivity index (χ1) is 11.6. The highest BCUT2D eigenvalue weighted by molar-refractivity contribution is 6.30. The van der Waals surface area contributed by atoms with Gasteiger partial charge in [0.1, 0.15) is 0 Å². The molecule has 0 spiro atoms. The molecule has 0 aliphatic rings. The predicted molar refractivity (Wildman–Crippen MR) is 95.1 cm³/mol.